The van der Waals surface area contributed by atoms with Crippen LogP contribution in [0.2, 0.25) is 0 Å². The van der Waals surface area contributed by atoms with Crippen molar-refractivity contribution in [1.82, 2.24) is 0 Å². The van der Waals surface area contributed by atoms with Crippen molar-refractivity contribution in [3.63, 3.8) is 0 Å². The molecule has 68 valence electrons. The molecule has 0 radical (unpaired) electrons. The number of carbonyl (C=O) groups excluding carboxylic acids is 1. The van der Waals surface area contributed by atoms with E-state index in [1.54, 1.807) is 0 Å². The molecule has 2 bridgehead atoms. The second-order valence-corrected chi connectivity index (χ2v) is 4.19. The van der Waals surface area contributed by atoms with Crippen LogP contribution in [0.1, 0.15) is 6.42 Å². The summed E-state index contributed by atoms with van der Waals surface area (Å²) in [5, 5.41) is 0. The Balaban J connectivity index is 2.03. The summed E-state index contributed by atoms with van der Waals surface area (Å²) in [5.74, 6) is 0.992. The van der Waals surface area contributed by atoms with Gasteiger partial charge in [0, 0.05) is 11.8 Å². The zero-order valence-electron chi connectivity index (χ0n) is 7.40. The molecule has 1 heterocycles. The molecular weight excluding hydrogens is 164 g/mol. The quantitative estimate of drug-likeness (QED) is 0.445. The van der Waals surface area contributed by atoms with E-state index >= 15 is 0 Å². The number of Topliss-reactive ketones (excluding diaryl/α,β-unsaturated/α-hetero) is 1. The number of fused-ring (bicyclic) bond motifs is 1. The second-order valence-electron chi connectivity index (χ2n) is 4.19. The topological polar surface area (TPSA) is 29.6 Å². The summed E-state index contributed by atoms with van der Waals surface area (Å²) in [6, 6.07) is 0. The molecule has 4 aliphatic rings. The van der Waals surface area contributed by atoms with Crippen LogP contribution in [0.4, 0.5) is 0 Å². The maximum atomic E-state index is 11.9. The van der Waals surface area contributed by atoms with Gasteiger partial charge in [-0.25, -0.2) is 0 Å². The lowest BCUT2D eigenvalue weighted by molar-refractivity contribution is -0.133. The first-order valence-electron chi connectivity index (χ1n) is 4.77. The molecule has 2 fully saturated rings. The van der Waals surface area contributed by atoms with Gasteiger partial charge in [0.1, 0.15) is 0 Å². The first-order valence-corrected chi connectivity index (χ1v) is 4.77. The summed E-state index contributed by atoms with van der Waals surface area (Å²) in [6.07, 6.45) is 7.14. The number of hydrogen-bond donors (Lipinski definition) is 0. The van der Waals surface area contributed by atoms with Gasteiger partial charge in [-0.1, -0.05) is 18.2 Å². The molecular formula is C11H12O2. The number of hydrogen-bond acceptors (Lipinski definition) is 2. The van der Waals surface area contributed by atoms with Gasteiger partial charge in [-0.3, -0.25) is 4.79 Å². The van der Waals surface area contributed by atoms with Crippen LogP contribution in [0, 0.1) is 17.8 Å². The van der Waals surface area contributed by atoms with Gasteiger partial charge in [-0.2, -0.15) is 0 Å². The average molecular weight is 176 g/mol. The number of rotatable bonds is 1. The fraction of sp³-hybridized carbons (Fsp3) is 0.545. The molecule has 0 aromatic carbocycles. The molecule has 3 aliphatic carbocycles. The minimum atomic E-state index is -0.390. The maximum absolute atomic E-state index is 11.9. The molecule has 0 amide bonds. The third-order valence-electron chi connectivity index (χ3n) is 3.62. The molecule has 4 atom stereocenters. The van der Waals surface area contributed by atoms with Crippen LogP contribution in [0.15, 0.2) is 24.8 Å². The van der Waals surface area contributed by atoms with Crippen LogP contribution < -0.4 is 0 Å². The van der Waals surface area contributed by atoms with Gasteiger partial charge in [0.15, 0.2) is 11.4 Å². The van der Waals surface area contributed by atoms with E-state index in [9.17, 15) is 4.79 Å². The summed E-state index contributed by atoms with van der Waals surface area (Å²) < 4.78 is 5.34. The Morgan fingerprint density at radius 2 is 2.38 bits per heavy atom. The number of allylic oxidation sites excluding steroid dienone is 2. The van der Waals surface area contributed by atoms with Crippen molar-refractivity contribution in [2.24, 2.45) is 17.8 Å². The first kappa shape index (κ1) is 7.51. The minimum absolute atomic E-state index is 0.0463. The van der Waals surface area contributed by atoms with Crippen molar-refractivity contribution in [2.45, 2.75) is 12.0 Å². The average Bonchev–Trinajstić information content (AvgIpc) is 2.95. The number of ether oxygens (including phenoxy) is 1. The lowest BCUT2D eigenvalue weighted by atomic mass is 9.63. The van der Waals surface area contributed by atoms with Crippen LogP contribution >= 0.6 is 0 Å². The van der Waals surface area contributed by atoms with Crippen LogP contribution in [0.3, 0.4) is 0 Å². The molecule has 1 aliphatic heterocycles. The molecule has 1 saturated carbocycles. The summed E-state index contributed by atoms with van der Waals surface area (Å²) in [6.45, 7) is 4.42. The van der Waals surface area contributed by atoms with Gasteiger partial charge in [0.2, 0.25) is 0 Å². The summed E-state index contributed by atoms with van der Waals surface area (Å²) >= 11 is 0. The van der Waals surface area contributed by atoms with Crippen molar-refractivity contribution in [2.75, 3.05) is 6.61 Å². The Morgan fingerprint density at radius 3 is 2.92 bits per heavy atom. The van der Waals surface area contributed by atoms with Crippen molar-refractivity contribution >= 4 is 5.78 Å². The van der Waals surface area contributed by atoms with Crippen molar-refractivity contribution in [3.8, 4) is 0 Å². The van der Waals surface area contributed by atoms with Crippen molar-refractivity contribution in [3.05, 3.63) is 24.8 Å². The Kier molecular flexibility index (Phi) is 1.23. The molecule has 0 aromatic heterocycles. The maximum Gasteiger partial charge on any atom is 0.175 e. The van der Waals surface area contributed by atoms with Crippen molar-refractivity contribution in [1.29, 1.82) is 0 Å². The minimum Gasteiger partial charge on any atom is -0.361 e. The summed E-state index contributed by atoms with van der Waals surface area (Å²) in [4.78, 5) is 11.9. The standard InChI is InChI=1S/C11H12O2/c1-2-7-5-8-3-4-9(7)10(12)11(8)6-13-11/h2-4,7-9H,1,5-6H2/t7-,8+,9+,11-/m0/s1. The smallest absolute Gasteiger partial charge is 0.175 e. The molecule has 0 aromatic rings. The molecule has 1 saturated heterocycles. The fourth-order valence-corrected chi connectivity index (χ4v) is 2.68. The highest BCUT2D eigenvalue weighted by Crippen LogP contribution is 2.52. The van der Waals surface area contributed by atoms with Crippen LogP contribution in [-0.2, 0) is 9.53 Å². The summed E-state index contributed by atoms with van der Waals surface area (Å²) in [5.41, 5.74) is -0.390. The van der Waals surface area contributed by atoms with E-state index in [0.717, 1.165) is 6.42 Å². The zero-order valence-corrected chi connectivity index (χ0v) is 7.40. The molecule has 0 N–H and O–H groups in total. The Hall–Kier alpha value is -0.890. The monoisotopic (exact) mass is 176 g/mol. The van der Waals surface area contributed by atoms with Crippen molar-refractivity contribution < 1.29 is 9.53 Å². The highest BCUT2D eigenvalue weighted by Gasteiger charge is 2.63. The Bertz CT molecular complexity index is 312. The third-order valence-corrected chi connectivity index (χ3v) is 3.62. The lowest BCUT2D eigenvalue weighted by Gasteiger charge is -2.39. The molecule has 2 nitrogen and oxygen atoms in total. The van der Waals surface area contributed by atoms with E-state index in [1.165, 1.54) is 0 Å². The van der Waals surface area contributed by atoms with Gasteiger partial charge in [-0.05, 0) is 12.3 Å². The van der Waals surface area contributed by atoms with E-state index in [-0.39, 0.29) is 17.3 Å². The Labute approximate surface area is 77.3 Å². The van der Waals surface area contributed by atoms with E-state index in [4.69, 9.17) is 4.74 Å². The Morgan fingerprint density at radius 1 is 1.62 bits per heavy atom. The van der Waals surface area contributed by atoms with Crippen LogP contribution in [0.25, 0.3) is 0 Å². The van der Waals surface area contributed by atoms with E-state index in [1.807, 2.05) is 12.2 Å². The van der Waals surface area contributed by atoms with Crippen LogP contribution in [-0.4, -0.2) is 18.0 Å². The van der Waals surface area contributed by atoms with E-state index in [2.05, 4.69) is 12.7 Å². The predicted octanol–water partition coefficient (Wildman–Crippen LogP) is 1.33. The first-order chi connectivity index (χ1) is 6.28. The fourth-order valence-electron chi connectivity index (χ4n) is 2.68. The second kappa shape index (κ2) is 2.13. The van der Waals surface area contributed by atoms with Gasteiger partial charge in [0.05, 0.1) is 6.61 Å². The molecule has 4 rings (SSSR count). The summed E-state index contributed by atoms with van der Waals surface area (Å²) in [7, 11) is 0. The molecule has 13 heavy (non-hydrogen) atoms. The highest BCUT2D eigenvalue weighted by atomic mass is 16.6. The lowest BCUT2D eigenvalue weighted by Crippen LogP contribution is -2.48. The third kappa shape index (κ3) is 0.748. The normalized spacial score (nSPS) is 51.4. The SMILES string of the molecule is C=C[C@H]1C[C@H]2C=C[C@H]1C(=O)[C@]21CO1. The van der Waals surface area contributed by atoms with Gasteiger partial charge >= 0.3 is 0 Å². The van der Waals surface area contributed by atoms with Gasteiger partial charge in [0.25, 0.3) is 0 Å². The van der Waals surface area contributed by atoms with Crippen LogP contribution in [0.5, 0.6) is 0 Å². The molecule has 0 unspecified atom stereocenters. The van der Waals surface area contributed by atoms with E-state index < -0.39 is 0 Å². The number of epoxide rings is 1. The largest absolute Gasteiger partial charge is 0.361 e. The zero-order chi connectivity index (χ0) is 9.05. The number of ketones is 1. The highest BCUT2D eigenvalue weighted by molar-refractivity contribution is 5.96. The van der Waals surface area contributed by atoms with Gasteiger partial charge < -0.3 is 4.74 Å². The van der Waals surface area contributed by atoms with E-state index in [0.29, 0.717) is 18.4 Å². The molecule has 2 heteroatoms. The van der Waals surface area contributed by atoms with Gasteiger partial charge in [-0.15, -0.1) is 6.58 Å². The predicted molar refractivity (Wildman–Crippen MR) is 48.1 cm³/mol. The number of carbonyl (C=O) groups is 1. The molecule has 1 spiro atoms.